The summed E-state index contributed by atoms with van der Waals surface area (Å²) in [4.78, 5) is 14.2. The molecule has 0 atom stereocenters. The van der Waals surface area contributed by atoms with E-state index in [1.165, 1.54) is 0 Å². The van der Waals surface area contributed by atoms with Gasteiger partial charge in [0.1, 0.15) is 5.75 Å². The van der Waals surface area contributed by atoms with Gasteiger partial charge in [0.15, 0.2) is 0 Å². The van der Waals surface area contributed by atoms with Gasteiger partial charge in [0, 0.05) is 19.2 Å². The molecule has 0 saturated heterocycles. The van der Waals surface area contributed by atoms with Crippen molar-refractivity contribution in [2.45, 2.75) is 46.0 Å². The van der Waals surface area contributed by atoms with Crippen molar-refractivity contribution >= 4 is 5.91 Å². The van der Waals surface area contributed by atoms with E-state index >= 15 is 0 Å². The summed E-state index contributed by atoms with van der Waals surface area (Å²) in [7, 11) is 0. The van der Waals surface area contributed by atoms with Crippen LogP contribution in [0, 0.1) is 6.07 Å². The second-order valence-corrected chi connectivity index (χ2v) is 4.91. The fourth-order valence-electron chi connectivity index (χ4n) is 1.93. The Morgan fingerprint density at radius 2 is 1.90 bits per heavy atom. The van der Waals surface area contributed by atoms with Crippen LogP contribution >= 0.6 is 0 Å². The SMILES string of the molecule is CCCCN(CCCC)C(=O)CCOc1[c]cccc1. The van der Waals surface area contributed by atoms with Crippen LogP contribution in [0.25, 0.3) is 0 Å². The Hall–Kier alpha value is -1.51. The monoisotopic (exact) mass is 276 g/mol. The van der Waals surface area contributed by atoms with Crippen LogP contribution in [0.4, 0.5) is 0 Å². The highest BCUT2D eigenvalue weighted by molar-refractivity contribution is 5.76. The number of ether oxygens (including phenoxy) is 1. The number of hydrogen-bond donors (Lipinski definition) is 0. The molecule has 0 unspecified atom stereocenters. The molecular formula is C17H26NO2. The fraction of sp³-hybridized carbons (Fsp3) is 0.588. The number of carbonyl (C=O) groups is 1. The molecule has 1 aromatic carbocycles. The summed E-state index contributed by atoms with van der Waals surface area (Å²) < 4.78 is 5.53. The van der Waals surface area contributed by atoms with Gasteiger partial charge in [-0.3, -0.25) is 4.79 Å². The van der Waals surface area contributed by atoms with Gasteiger partial charge in [0.25, 0.3) is 0 Å². The molecule has 0 aliphatic rings. The first-order valence-electron chi connectivity index (χ1n) is 7.65. The Balaban J connectivity index is 2.32. The molecule has 1 amide bonds. The highest BCUT2D eigenvalue weighted by Crippen LogP contribution is 2.08. The minimum atomic E-state index is 0.197. The lowest BCUT2D eigenvalue weighted by molar-refractivity contribution is -0.131. The van der Waals surface area contributed by atoms with Crippen LogP contribution in [-0.4, -0.2) is 30.5 Å². The number of carbonyl (C=O) groups excluding carboxylic acids is 1. The normalized spacial score (nSPS) is 10.3. The lowest BCUT2D eigenvalue weighted by atomic mass is 10.2. The molecule has 0 spiro atoms. The van der Waals surface area contributed by atoms with Crippen LogP contribution in [-0.2, 0) is 4.79 Å². The van der Waals surface area contributed by atoms with Crippen molar-refractivity contribution in [3.8, 4) is 5.75 Å². The molecule has 0 fully saturated rings. The van der Waals surface area contributed by atoms with E-state index in [1.54, 1.807) is 0 Å². The molecule has 0 aliphatic carbocycles. The predicted molar refractivity (Wildman–Crippen MR) is 81.8 cm³/mol. The van der Waals surface area contributed by atoms with Crippen LogP contribution in [0.3, 0.4) is 0 Å². The quantitative estimate of drug-likeness (QED) is 0.652. The minimum absolute atomic E-state index is 0.197. The molecule has 111 valence electrons. The highest BCUT2D eigenvalue weighted by Gasteiger charge is 2.12. The third kappa shape index (κ3) is 6.60. The molecule has 1 aromatic rings. The predicted octanol–water partition coefficient (Wildman–Crippen LogP) is 3.68. The maximum absolute atomic E-state index is 12.2. The Bertz CT molecular complexity index is 357. The summed E-state index contributed by atoms with van der Waals surface area (Å²) in [5, 5.41) is 0. The number of para-hydroxylation sites is 1. The van der Waals surface area contributed by atoms with Gasteiger partial charge in [-0.2, -0.15) is 0 Å². The Labute approximate surface area is 122 Å². The van der Waals surface area contributed by atoms with Crippen molar-refractivity contribution in [3.05, 3.63) is 30.3 Å². The van der Waals surface area contributed by atoms with Crippen LogP contribution < -0.4 is 4.74 Å². The second kappa shape index (κ2) is 10.3. The summed E-state index contributed by atoms with van der Waals surface area (Å²) in [6.07, 6.45) is 4.82. The molecule has 20 heavy (non-hydrogen) atoms. The van der Waals surface area contributed by atoms with E-state index in [4.69, 9.17) is 4.74 Å². The molecule has 0 aromatic heterocycles. The number of hydrogen-bond acceptors (Lipinski definition) is 2. The van der Waals surface area contributed by atoms with E-state index in [9.17, 15) is 4.79 Å². The first-order chi connectivity index (χ1) is 9.77. The number of amides is 1. The second-order valence-electron chi connectivity index (χ2n) is 4.91. The van der Waals surface area contributed by atoms with Gasteiger partial charge in [-0.1, -0.05) is 44.9 Å². The average Bonchev–Trinajstić information content (AvgIpc) is 2.48. The van der Waals surface area contributed by atoms with E-state index < -0.39 is 0 Å². The number of unbranched alkanes of at least 4 members (excludes halogenated alkanes) is 2. The summed E-state index contributed by atoms with van der Waals surface area (Å²) in [6.45, 7) is 6.46. The van der Waals surface area contributed by atoms with Crippen LogP contribution in [0.1, 0.15) is 46.0 Å². The van der Waals surface area contributed by atoms with Gasteiger partial charge in [-0.15, -0.1) is 0 Å². The molecule has 0 heterocycles. The number of rotatable bonds is 10. The van der Waals surface area contributed by atoms with Crippen LogP contribution in [0.5, 0.6) is 5.75 Å². The summed E-state index contributed by atoms with van der Waals surface area (Å²) in [5.41, 5.74) is 0. The zero-order valence-corrected chi connectivity index (χ0v) is 12.7. The van der Waals surface area contributed by atoms with Gasteiger partial charge >= 0.3 is 0 Å². The molecule has 0 saturated carbocycles. The van der Waals surface area contributed by atoms with Gasteiger partial charge in [-0.25, -0.2) is 0 Å². The van der Waals surface area contributed by atoms with E-state index in [1.807, 2.05) is 29.2 Å². The van der Waals surface area contributed by atoms with Crippen molar-refractivity contribution < 1.29 is 9.53 Å². The zero-order valence-electron chi connectivity index (χ0n) is 12.7. The molecule has 0 bridgehead atoms. The third-order valence-electron chi connectivity index (χ3n) is 3.17. The highest BCUT2D eigenvalue weighted by atomic mass is 16.5. The lowest BCUT2D eigenvalue weighted by Crippen LogP contribution is -2.33. The van der Waals surface area contributed by atoms with E-state index in [0.29, 0.717) is 18.8 Å². The molecule has 1 rings (SSSR count). The maximum Gasteiger partial charge on any atom is 0.225 e. The van der Waals surface area contributed by atoms with Gasteiger partial charge < -0.3 is 9.64 Å². The van der Waals surface area contributed by atoms with Crippen LogP contribution in [0.2, 0.25) is 0 Å². The zero-order chi connectivity index (χ0) is 14.6. The topological polar surface area (TPSA) is 29.5 Å². The van der Waals surface area contributed by atoms with Crippen molar-refractivity contribution in [3.63, 3.8) is 0 Å². The van der Waals surface area contributed by atoms with Gasteiger partial charge in [0.2, 0.25) is 5.91 Å². The maximum atomic E-state index is 12.2. The Morgan fingerprint density at radius 1 is 1.20 bits per heavy atom. The fourth-order valence-corrected chi connectivity index (χ4v) is 1.93. The van der Waals surface area contributed by atoms with E-state index in [2.05, 4.69) is 19.9 Å². The van der Waals surface area contributed by atoms with Crippen molar-refractivity contribution in [1.82, 2.24) is 4.90 Å². The number of nitrogens with zero attached hydrogens (tertiary/aromatic N) is 1. The summed E-state index contributed by atoms with van der Waals surface area (Å²) in [6, 6.07) is 10.5. The summed E-state index contributed by atoms with van der Waals surface area (Å²) in [5.74, 6) is 0.900. The summed E-state index contributed by atoms with van der Waals surface area (Å²) >= 11 is 0. The molecule has 3 heteroatoms. The van der Waals surface area contributed by atoms with Gasteiger partial charge in [0.05, 0.1) is 13.0 Å². The number of benzene rings is 1. The Morgan fingerprint density at radius 3 is 2.45 bits per heavy atom. The van der Waals surface area contributed by atoms with Crippen molar-refractivity contribution in [2.24, 2.45) is 0 Å². The molecule has 0 aliphatic heterocycles. The van der Waals surface area contributed by atoms with Crippen molar-refractivity contribution in [1.29, 1.82) is 0 Å². The molecule has 0 N–H and O–H groups in total. The first kappa shape index (κ1) is 16.5. The lowest BCUT2D eigenvalue weighted by Gasteiger charge is -2.22. The van der Waals surface area contributed by atoms with E-state index in [-0.39, 0.29) is 5.91 Å². The van der Waals surface area contributed by atoms with E-state index in [0.717, 1.165) is 38.8 Å². The van der Waals surface area contributed by atoms with Gasteiger partial charge in [-0.05, 0) is 18.9 Å². The minimum Gasteiger partial charge on any atom is -0.492 e. The average molecular weight is 276 g/mol. The van der Waals surface area contributed by atoms with Crippen LogP contribution in [0.15, 0.2) is 24.3 Å². The standard InChI is InChI=1S/C17H26NO2/c1-3-5-13-18(14-6-4-2)17(19)12-15-20-16-10-8-7-9-11-16/h7-10H,3-6,12-15H2,1-2H3. The largest absolute Gasteiger partial charge is 0.492 e. The third-order valence-corrected chi connectivity index (χ3v) is 3.17. The smallest absolute Gasteiger partial charge is 0.225 e. The molecular weight excluding hydrogens is 250 g/mol. The Kier molecular flexibility index (Phi) is 8.52. The molecule has 1 radical (unpaired) electrons. The van der Waals surface area contributed by atoms with Crippen molar-refractivity contribution in [2.75, 3.05) is 19.7 Å². The molecule has 3 nitrogen and oxygen atoms in total. The first-order valence-corrected chi connectivity index (χ1v) is 7.65.